The molecule has 0 aliphatic carbocycles. The highest BCUT2D eigenvalue weighted by molar-refractivity contribution is 7.89. The van der Waals surface area contributed by atoms with E-state index in [-0.39, 0.29) is 10.8 Å². The van der Waals surface area contributed by atoms with Crippen LogP contribution in [0.4, 0.5) is 11.4 Å². The zero-order valence-electron chi connectivity index (χ0n) is 19.6. The molecule has 2 aromatic rings. The number of nitrogens with one attached hydrogen (secondary N) is 1. The van der Waals surface area contributed by atoms with Crippen LogP contribution in [0.1, 0.15) is 42.1 Å². The first kappa shape index (κ1) is 23.7. The summed E-state index contributed by atoms with van der Waals surface area (Å²) in [5, 5.41) is 2.93. The Morgan fingerprint density at radius 1 is 0.939 bits per heavy atom. The summed E-state index contributed by atoms with van der Waals surface area (Å²) in [6.07, 6.45) is 2.81. The number of likely N-dealkylation sites (N-methyl/N-ethyl adjacent to an activating group) is 1. The van der Waals surface area contributed by atoms with Crippen LogP contribution in [0.25, 0.3) is 0 Å². The third kappa shape index (κ3) is 5.39. The van der Waals surface area contributed by atoms with Crippen LogP contribution in [0.15, 0.2) is 47.4 Å². The summed E-state index contributed by atoms with van der Waals surface area (Å²) in [5.74, 6) is -0.311. The highest BCUT2D eigenvalue weighted by Crippen LogP contribution is 2.26. The average molecular weight is 471 g/mol. The van der Waals surface area contributed by atoms with E-state index in [2.05, 4.69) is 35.0 Å². The summed E-state index contributed by atoms with van der Waals surface area (Å²) < 4.78 is 27.5. The fraction of sp³-hybridized carbons (Fsp3) is 0.480. The van der Waals surface area contributed by atoms with Crippen LogP contribution in [0.5, 0.6) is 0 Å². The van der Waals surface area contributed by atoms with Gasteiger partial charge in [0.05, 0.1) is 4.90 Å². The number of piperazine rings is 1. The molecule has 1 N–H and O–H groups in total. The summed E-state index contributed by atoms with van der Waals surface area (Å²) in [6.45, 7) is 10.5. The molecule has 1 amide bonds. The number of nitrogens with zero attached hydrogens (tertiary/aromatic N) is 3. The second kappa shape index (κ2) is 10.2. The lowest BCUT2D eigenvalue weighted by molar-refractivity contribution is 0.102. The standard InChI is InChI=1S/C25H34N4O3S/c1-3-27-14-16-28(17-15-27)24-11-10-22(18-20(24)2)26-25(30)21-8-7-9-23(19-21)33(31,32)29-12-5-4-6-13-29/h7-11,18-19H,3-6,12-17H2,1-2H3,(H,26,30). The number of benzene rings is 2. The lowest BCUT2D eigenvalue weighted by Gasteiger charge is -2.36. The lowest BCUT2D eigenvalue weighted by atomic mass is 10.1. The van der Waals surface area contributed by atoms with Gasteiger partial charge in [-0.25, -0.2) is 8.42 Å². The fourth-order valence-corrected chi connectivity index (χ4v) is 6.21. The number of amides is 1. The minimum atomic E-state index is -3.58. The first-order chi connectivity index (χ1) is 15.9. The molecular weight excluding hydrogens is 436 g/mol. The van der Waals surface area contributed by atoms with Crippen LogP contribution in [-0.2, 0) is 10.0 Å². The molecule has 2 aliphatic heterocycles. The van der Waals surface area contributed by atoms with E-state index in [9.17, 15) is 13.2 Å². The van der Waals surface area contributed by atoms with Gasteiger partial charge in [0.15, 0.2) is 0 Å². The van der Waals surface area contributed by atoms with Crippen LogP contribution < -0.4 is 10.2 Å². The largest absolute Gasteiger partial charge is 0.369 e. The van der Waals surface area contributed by atoms with Gasteiger partial charge in [-0.2, -0.15) is 4.31 Å². The predicted octanol–water partition coefficient (Wildman–Crippen LogP) is 3.56. The molecule has 2 heterocycles. The van der Waals surface area contributed by atoms with E-state index in [1.165, 1.54) is 16.1 Å². The Morgan fingerprint density at radius 3 is 2.33 bits per heavy atom. The van der Waals surface area contributed by atoms with E-state index in [4.69, 9.17) is 0 Å². The maximum Gasteiger partial charge on any atom is 0.255 e. The minimum Gasteiger partial charge on any atom is -0.369 e. The van der Waals surface area contributed by atoms with Crippen molar-refractivity contribution >= 4 is 27.3 Å². The van der Waals surface area contributed by atoms with Gasteiger partial charge in [0, 0.05) is 56.2 Å². The summed E-state index contributed by atoms with van der Waals surface area (Å²) >= 11 is 0. The van der Waals surface area contributed by atoms with E-state index >= 15 is 0 Å². The molecule has 0 bridgehead atoms. The normalized spacial score (nSPS) is 18.3. The number of carbonyl (C=O) groups excluding carboxylic acids is 1. The molecule has 2 fully saturated rings. The van der Waals surface area contributed by atoms with Crippen molar-refractivity contribution in [3.63, 3.8) is 0 Å². The Morgan fingerprint density at radius 2 is 1.67 bits per heavy atom. The number of anilines is 2. The van der Waals surface area contributed by atoms with Gasteiger partial charge >= 0.3 is 0 Å². The SMILES string of the molecule is CCN1CCN(c2ccc(NC(=O)c3cccc(S(=O)(=O)N4CCCCC4)c3)cc2C)CC1. The molecule has 2 aromatic carbocycles. The van der Waals surface area contributed by atoms with Gasteiger partial charge in [-0.15, -0.1) is 0 Å². The second-order valence-electron chi connectivity index (χ2n) is 8.87. The van der Waals surface area contributed by atoms with Crippen molar-refractivity contribution in [2.24, 2.45) is 0 Å². The first-order valence-corrected chi connectivity index (χ1v) is 13.3. The highest BCUT2D eigenvalue weighted by Gasteiger charge is 2.26. The number of sulfonamides is 1. The smallest absolute Gasteiger partial charge is 0.255 e. The molecule has 0 unspecified atom stereocenters. The molecule has 0 spiro atoms. The monoisotopic (exact) mass is 470 g/mol. The molecule has 2 saturated heterocycles. The minimum absolute atomic E-state index is 0.176. The molecule has 178 valence electrons. The molecule has 7 nitrogen and oxygen atoms in total. The zero-order valence-corrected chi connectivity index (χ0v) is 20.4. The van der Waals surface area contributed by atoms with Crippen molar-refractivity contribution in [1.82, 2.24) is 9.21 Å². The molecule has 33 heavy (non-hydrogen) atoms. The molecule has 8 heteroatoms. The van der Waals surface area contributed by atoms with E-state index in [1.807, 2.05) is 12.1 Å². The Labute approximate surface area is 197 Å². The van der Waals surface area contributed by atoms with Crippen molar-refractivity contribution in [3.8, 4) is 0 Å². The third-order valence-electron chi connectivity index (χ3n) is 6.66. The van der Waals surface area contributed by atoms with Crippen molar-refractivity contribution < 1.29 is 13.2 Å². The molecule has 2 aliphatic rings. The van der Waals surface area contributed by atoms with E-state index in [0.29, 0.717) is 24.3 Å². The maximum atomic E-state index is 13.0. The Balaban J connectivity index is 1.45. The Bertz CT molecular complexity index is 1090. The van der Waals surface area contributed by atoms with Gasteiger partial charge in [0.2, 0.25) is 10.0 Å². The van der Waals surface area contributed by atoms with Gasteiger partial charge in [-0.1, -0.05) is 19.4 Å². The van der Waals surface area contributed by atoms with Gasteiger partial charge in [0.25, 0.3) is 5.91 Å². The summed E-state index contributed by atoms with van der Waals surface area (Å²) in [7, 11) is -3.58. The number of piperidine rings is 1. The van der Waals surface area contributed by atoms with Crippen LogP contribution in [-0.4, -0.2) is 69.3 Å². The van der Waals surface area contributed by atoms with Gasteiger partial charge in [-0.3, -0.25) is 4.79 Å². The van der Waals surface area contributed by atoms with E-state index in [0.717, 1.165) is 57.5 Å². The molecule has 4 rings (SSSR count). The quantitative estimate of drug-likeness (QED) is 0.699. The molecular formula is C25H34N4O3S. The maximum absolute atomic E-state index is 13.0. The summed E-state index contributed by atoms with van der Waals surface area (Å²) in [6, 6.07) is 12.3. The van der Waals surface area contributed by atoms with Crippen LogP contribution in [0.3, 0.4) is 0 Å². The van der Waals surface area contributed by atoms with Gasteiger partial charge in [0.1, 0.15) is 0 Å². The highest BCUT2D eigenvalue weighted by atomic mass is 32.2. The van der Waals surface area contributed by atoms with Crippen molar-refractivity contribution in [2.75, 3.05) is 56.0 Å². The number of hydrogen-bond donors (Lipinski definition) is 1. The fourth-order valence-electron chi connectivity index (χ4n) is 4.65. The van der Waals surface area contributed by atoms with Crippen molar-refractivity contribution in [1.29, 1.82) is 0 Å². The number of hydrogen-bond acceptors (Lipinski definition) is 5. The van der Waals surface area contributed by atoms with Gasteiger partial charge < -0.3 is 15.1 Å². The lowest BCUT2D eigenvalue weighted by Crippen LogP contribution is -2.46. The summed E-state index contributed by atoms with van der Waals surface area (Å²) in [5.41, 5.74) is 3.35. The third-order valence-corrected chi connectivity index (χ3v) is 8.56. The van der Waals surface area contributed by atoms with Crippen molar-refractivity contribution in [2.45, 2.75) is 38.0 Å². The molecule has 0 saturated carbocycles. The first-order valence-electron chi connectivity index (χ1n) is 11.9. The topological polar surface area (TPSA) is 73.0 Å². The molecule has 0 radical (unpaired) electrons. The summed E-state index contributed by atoms with van der Waals surface area (Å²) in [4.78, 5) is 17.9. The van der Waals surface area contributed by atoms with Crippen molar-refractivity contribution in [3.05, 3.63) is 53.6 Å². The van der Waals surface area contributed by atoms with Crippen LogP contribution in [0.2, 0.25) is 0 Å². The predicted molar refractivity (Wildman–Crippen MR) is 133 cm³/mol. The second-order valence-corrected chi connectivity index (χ2v) is 10.8. The zero-order chi connectivity index (χ0) is 23.4. The van der Waals surface area contributed by atoms with E-state index < -0.39 is 10.0 Å². The van der Waals surface area contributed by atoms with Crippen LogP contribution >= 0.6 is 0 Å². The Hall–Kier alpha value is -2.42. The van der Waals surface area contributed by atoms with Gasteiger partial charge in [-0.05, 0) is 68.3 Å². The Kier molecular flexibility index (Phi) is 7.36. The number of rotatable bonds is 6. The van der Waals surface area contributed by atoms with Crippen LogP contribution in [0, 0.1) is 6.92 Å². The molecule has 0 aromatic heterocycles. The number of aryl methyl sites for hydroxylation is 1. The molecule has 0 atom stereocenters. The number of carbonyl (C=O) groups is 1. The van der Waals surface area contributed by atoms with E-state index in [1.54, 1.807) is 18.2 Å². The average Bonchev–Trinajstić information content (AvgIpc) is 2.85.